The van der Waals surface area contributed by atoms with Crippen molar-refractivity contribution in [3.63, 3.8) is 0 Å². The van der Waals surface area contributed by atoms with E-state index in [0.717, 1.165) is 6.07 Å². The molecule has 0 saturated heterocycles. The second kappa shape index (κ2) is 13.1. The van der Waals surface area contributed by atoms with Crippen LogP contribution in [0.2, 0.25) is 0 Å². The van der Waals surface area contributed by atoms with Crippen molar-refractivity contribution in [1.29, 1.82) is 0 Å². The molecule has 25 heavy (non-hydrogen) atoms. The molecule has 2 aromatic carbocycles. The Balaban J connectivity index is 0. The van der Waals surface area contributed by atoms with Crippen LogP contribution >= 0.6 is 0 Å². The fourth-order valence-corrected chi connectivity index (χ4v) is 1.98. The maximum absolute atomic E-state index is 11.0. The summed E-state index contributed by atoms with van der Waals surface area (Å²) in [5, 5.41) is 7.74. The Labute approximate surface area is 191 Å². The van der Waals surface area contributed by atoms with E-state index in [1.165, 1.54) is 12.1 Å². The van der Waals surface area contributed by atoms with Gasteiger partial charge in [-0.1, -0.05) is 0 Å². The van der Waals surface area contributed by atoms with E-state index in [4.69, 9.17) is 19.0 Å². The number of hydrogen-bond donors (Lipinski definition) is 2. The largest absolute Gasteiger partial charge is 1.00 e. The van der Waals surface area contributed by atoms with E-state index < -0.39 is 26.4 Å². The number of rotatable bonds is 3. The van der Waals surface area contributed by atoms with Crippen LogP contribution in [0, 0.1) is 6.07 Å². The van der Waals surface area contributed by atoms with Gasteiger partial charge in [-0.2, -0.15) is 28.4 Å². The zero-order valence-electron chi connectivity index (χ0n) is 13.3. The van der Waals surface area contributed by atoms with Crippen LogP contribution < -0.4 is 64.8 Å². The van der Waals surface area contributed by atoms with Crippen molar-refractivity contribution < 1.29 is 85.4 Å². The molecule has 0 bridgehead atoms. The molecule has 0 aliphatic rings. The van der Waals surface area contributed by atoms with Crippen LogP contribution in [-0.4, -0.2) is 26.3 Å². The SMILES string of the molecule is Nc1ccc(N=Nc2cc[c-]cc2)cc1S(=O)(=O)[O-].O=S([O-])O.[Na+].[Na+]. The first-order chi connectivity index (χ1) is 10.7. The monoisotopic (exact) mass is 402 g/mol. The van der Waals surface area contributed by atoms with Gasteiger partial charge in [0, 0.05) is 5.69 Å². The molecule has 2 rings (SSSR count). The maximum atomic E-state index is 11.0. The molecule has 0 radical (unpaired) electrons. The van der Waals surface area contributed by atoms with Gasteiger partial charge < -0.3 is 19.4 Å². The van der Waals surface area contributed by atoms with E-state index in [-0.39, 0.29) is 70.5 Å². The van der Waals surface area contributed by atoms with Crippen molar-refractivity contribution in [3.8, 4) is 0 Å². The zero-order valence-corrected chi connectivity index (χ0v) is 19.0. The number of azo groups is 1. The topological polar surface area (TPSA) is 168 Å². The standard InChI is InChI=1S/C12H10N3O3S.2Na.H2O3S/c13-11-7-6-10(8-12(11)19(16,17)18)15-14-9-4-2-1-3-5-9;;;1-4(2)3/h2-8H,13H2,(H,16,17,18);;;(H2,1,2,3)/q-1;2*+1;/p-2. The third-order valence-electron chi connectivity index (χ3n) is 2.25. The zero-order chi connectivity index (χ0) is 17.5. The Bertz CT molecular complexity index is 815. The van der Waals surface area contributed by atoms with Crippen LogP contribution in [-0.2, 0) is 21.5 Å². The summed E-state index contributed by atoms with van der Waals surface area (Å²) in [6.45, 7) is 0. The third kappa shape index (κ3) is 11.2. The fourth-order valence-electron chi connectivity index (χ4n) is 1.36. The Morgan fingerprint density at radius 3 is 2.04 bits per heavy atom. The summed E-state index contributed by atoms with van der Waals surface area (Å²) in [6, 6.07) is 13.4. The van der Waals surface area contributed by atoms with Crippen molar-refractivity contribution in [1.82, 2.24) is 0 Å². The molecule has 0 aliphatic carbocycles. The van der Waals surface area contributed by atoms with Gasteiger partial charge in [0.15, 0.2) is 0 Å². The Morgan fingerprint density at radius 2 is 1.56 bits per heavy atom. The number of benzene rings is 2. The molecule has 1 atom stereocenters. The van der Waals surface area contributed by atoms with Crippen LogP contribution in [0.1, 0.15) is 0 Å². The summed E-state index contributed by atoms with van der Waals surface area (Å²) in [7, 11) is -4.62. The molecular formula is C12H10N3Na2O6S2-. The number of hydrogen-bond acceptors (Lipinski definition) is 8. The second-order valence-electron chi connectivity index (χ2n) is 3.85. The summed E-state index contributed by atoms with van der Waals surface area (Å²) in [4.78, 5) is -0.495. The van der Waals surface area contributed by atoms with Gasteiger partial charge >= 0.3 is 59.1 Å². The van der Waals surface area contributed by atoms with Crippen molar-refractivity contribution in [3.05, 3.63) is 48.5 Å². The molecule has 1 unspecified atom stereocenters. The molecule has 0 spiro atoms. The normalized spacial score (nSPS) is 11.5. The molecule has 9 nitrogen and oxygen atoms in total. The van der Waals surface area contributed by atoms with Crippen molar-refractivity contribution in [2.45, 2.75) is 4.90 Å². The van der Waals surface area contributed by atoms with Crippen molar-refractivity contribution in [2.24, 2.45) is 10.2 Å². The average molecular weight is 402 g/mol. The van der Waals surface area contributed by atoms with Gasteiger partial charge in [0.25, 0.3) is 0 Å². The first kappa shape index (κ1) is 27.0. The number of nitrogen functional groups attached to an aromatic ring is 1. The Morgan fingerprint density at radius 1 is 1.08 bits per heavy atom. The van der Waals surface area contributed by atoms with Crippen LogP contribution in [0.25, 0.3) is 0 Å². The van der Waals surface area contributed by atoms with Gasteiger partial charge in [-0.15, -0.1) is 12.1 Å². The smallest absolute Gasteiger partial charge is 0.750 e. The molecule has 0 amide bonds. The first-order valence-corrected chi connectivity index (χ1v) is 8.16. The quantitative estimate of drug-likeness (QED) is 0.131. The fraction of sp³-hybridized carbons (Fsp3) is 0. The van der Waals surface area contributed by atoms with Gasteiger partial charge in [0.05, 0.1) is 21.9 Å². The third-order valence-corrected chi connectivity index (χ3v) is 3.14. The van der Waals surface area contributed by atoms with Gasteiger partial charge in [-0.25, -0.2) is 12.6 Å². The van der Waals surface area contributed by atoms with Crippen molar-refractivity contribution >= 4 is 38.5 Å². The van der Waals surface area contributed by atoms with E-state index in [9.17, 15) is 13.0 Å². The summed E-state index contributed by atoms with van der Waals surface area (Å²) in [6.07, 6.45) is 0. The van der Waals surface area contributed by atoms with E-state index in [1.54, 1.807) is 24.3 Å². The Hall–Kier alpha value is -0.180. The maximum Gasteiger partial charge on any atom is 1.00 e. The minimum atomic E-state index is -4.62. The van der Waals surface area contributed by atoms with E-state index in [0.29, 0.717) is 5.69 Å². The van der Waals surface area contributed by atoms with Crippen LogP contribution in [0.5, 0.6) is 0 Å². The van der Waals surface area contributed by atoms with Gasteiger partial charge in [0.2, 0.25) is 0 Å². The van der Waals surface area contributed by atoms with E-state index in [2.05, 4.69) is 16.3 Å². The van der Waals surface area contributed by atoms with Crippen LogP contribution in [0.3, 0.4) is 0 Å². The molecule has 0 aliphatic heterocycles. The van der Waals surface area contributed by atoms with Gasteiger partial charge in [-0.05, 0) is 23.9 Å². The summed E-state index contributed by atoms with van der Waals surface area (Å²) >= 11 is -2.86. The minimum Gasteiger partial charge on any atom is -0.750 e. The van der Waals surface area contributed by atoms with Gasteiger partial charge in [-0.3, -0.25) is 0 Å². The molecule has 0 saturated carbocycles. The predicted molar refractivity (Wildman–Crippen MR) is 79.8 cm³/mol. The number of nitrogens with zero attached hydrogens (tertiary/aromatic N) is 2. The van der Waals surface area contributed by atoms with Crippen LogP contribution in [0.4, 0.5) is 17.1 Å². The minimum absolute atomic E-state index is 0. The Kier molecular flexibility index (Phi) is 14.1. The molecule has 124 valence electrons. The molecule has 3 N–H and O–H groups in total. The molecule has 0 heterocycles. The summed E-state index contributed by atoms with van der Waals surface area (Å²) in [5.41, 5.74) is 6.14. The average Bonchev–Trinajstić information content (AvgIpc) is 2.46. The molecule has 2 aromatic rings. The van der Waals surface area contributed by atoms with E-state index in [1.807, 2.05) is 0 Å². The van der Waals surface area contributed by atoms with Crippen molar-refractivity contribution in [2.75, 3.05) is 5.73 Å². The first-order valence-electron chi connectivity index (χ1n) is 5.72. The molecule has 0 aromatic heterocycles. The predicted octanol–water partition coefficient (Wildman–Crippen LogP) is -4.27. The summed E-state index contributed by atoms with van der Waals surface area (Å²) < 4.78 is 57.0. The summed E-state index contributed by atoms with van der Waals surface area (Å²) in [5.74, 6) is 0. The molecule has 0 fully saturated rings. The number of anilines is 1. The van der Waals surface area contributed by atoms with Gasteiger partial charge in [0.1, 0.15) is 10.1 Å². The molecular weight excluding hydrogens is 392 g/mol. The van der Waals surface area contributed by atoms with Crippen LogP contribution in [0.15, 0.2) is 57.6 Å². The second-order valence-corrected chi connectivity index (χ2v) is 5.63. The molecule has 13 heteroatoms. The number of nitrogens with two attached hydrogens (primary N) is 1. The van der Waals surface area contributed by atoms with E-state index >= 15 is 0 Å².